The summed E-state index contributed by atoms with van der Waals surface area (Å²) >= 11 is 3.03. The largest absolute Gasteiger partial charge is 0.289 e. The number of rotatable bonds is 2. The third kappa shape index (κ3) is 2.61. The van der Waals surface area contributed by atoms with Gasteiger partial charge < -0.3 is 0 Å². The molecule has 0 heterocycles. The van der Waals surface area contributed by atoms with Gasteiger partial charge in [-0.15, -0.1) is 0 Å². The van der Waals surface area contributed by atoms with Crippen molar-refractivity contribution in [3.8, 4) is 0 Å². The van der Waals surface area contributed by atoms with E-state index < -0.39 is 23.2 Å². The molecule has 0 aliphatic carbocycles. The lowest BCUT2D eigenvalue weighted by Gasteiger charge is -2.04. The normalized spacial score (nSPS) is 10.4. The van der Waals surface area contributed by atoms with Gasteiger partial charge in [-0.2, -0.15) is 0 Å². The summed E-state index contributed by atoms with van der Waals surface area (Å²) in [5.41, 5.74) is 0.0150. The lowest BCUT2D eigenvalue weighted by atomic mass is 10.0. The van der Waals surface area contributed by atoms with Crippen LogP contribution in [0.2, 0.25) is 0 Å². The van der Waals surface area contributed by atoms with Crippen LogP contribution < -0.4 is 0 Å². The Labute approximate surface area is 109 Å². The van der Waals surface area contributed by atoms with Gasteiger partial charge in [-0.3, -0.25) is 4.79 Å². The molecule has 0 radical (unpaired) electrons. The molecule has 0 fully saturated rings. The molecule has 0 unspecified atom stereocenters. The number of carbonyl (C=O) groups is 1. The minimum atomic E-state index is -0.836. The molecule has 2 aromatic rings. The molecule has 0 saturated carbocycles. The molecule has 92 valence electrons. The van der Waals surface area contributed by atoms with Crippen molar-refractivity contribution in [3.63, 3.8) is 0 Å². The van der Waals surface area contributed by atoms with Crippen LogP contribution in [0.15, 0.2) is 40.9 Å². The Morgan fingerprint density at radius 3 is 2.06 bits per heavy atom. The first kappa shape index (κ1) is 12.8. The van der Waals surface area contributed by atoms with Crippen molar-refractivity contribution >= 4 is 21.7 Å². The average Bonchev–Trinajstić information content (AvgIpc) is 2.26. The van der Waals surface area contributed by atoms with Gasteiger partial charge in [0.05, 0.1) is 0 Å². The molecule has 0 spiro atoms. The van der Waals surface area contributed by atoms with Crippen molar-refractivity contribution in [1.29, 1.82) is 0 Å². The first-order valence-corrected chi connectivity index (χ1v) is 5.72. The van der Waals surface area contributed by atoms with Crippen molar-refractivity contribution in [2.24, 2.45) is 0 Å². The number of benzene rings is 2. The van der Waals surface area contributed by atoms with E-state index in [0.29, 0.717) is 6.07 Å². The van der Waals surface area contributed by atoms with Gasteiger partial charge in [-0.05, 0) is 46.3 Å². The van der Waals surface area contributed by atoms with Crippen molar-refractivity contribution < 1.29 is 18.0 Å². The van der Waals surface area contributed by atoms with Gasteiger partial charge in [-0.1, -0.05) is 0 Å². The molecule has 18 heavy (non-hydrogen) atoms. The smallest absolute Gasteiger partial charge is 0.194 e. The van der Waals surface area contributed by atoms with Gasteiger partial charge >= 0.3 is 0 Å². The Hall–Kier alpha value is -1.62. The molecule has 0 aliphatic rings. The average molecular weight is 315 g/mol. The zero-order valence-electron chi connectivity index (χ0n) is 8.88. The van der Waals surface area contributed by atoms with Crippen molar-refractivity contribution in [2.45, 2.75) is 0 Å². The number of carbonyl (C=O) groups excluding carboxylic acids is 1. The van der Waals surface area contributed by atoms with Crippen LogP contribution in [-0.2, 0) is 0 Å². The van der Waals surface area contributed by atoms with Crippen molar-refractivity contribution in [2.75, 3.05) is 0 Å². The van der Waals surface area contributed by atoms with E-state index in [-0.39, 0.29) is 15.6 Å². The number of ketones is 1. The topological polar surface area (TPSA) is 17.1 Å². The lowest BCUT2D eigenvalue weighted by Crippen LogP contribution is -2.04. The molecule has 0 bridgehead atoms. The van der Waals surface area contributed by atoms with E-state index in [1.165, 1.54) is 6.07 Å². The van der Waals surface area contributed by atoms with Crippen LogP contribution in [-0.4, -0.2) is 5.78 Å². The predicted molar refractivity (Wildman–Crippen MR) is 63.9 cm³/mol. The van der Waals surface area contributed by atoms with Gasteiger partial charge in [-0.25, -0.2) is 13.2 Å². The zero-order chi connectivity index (χ0) is 13.3. The Morgan fingerprint density at radius 2 is 1.50 bits per heavy atom. The van der Waals surface area contributed by atoms with E-state index in [1.54, 1.807) is 0 Å². The maximum atomic E-state index is 13.0. The molecular formula is C13H6BrF3O. The Kier molecular flexibility index (Phi) is 3.52. The van der Waals surface area contributed by atoms with Gasteiger partial charge in [0, 0.05) is 21.7 Å². The summed E-state index contributed by atoms with van der Waals surface area (Å²) in [6.45, 7) is 0. The molecule has 1 nitrogen and oxygen atoms in total. The Bertz CT molecular complexity index is 605. The van der Waals surface area contributed by atoms with E-state index in [0.717, 1.165) is 24.3 Å². The van der Waals surface area contributed by atoms with Crippen LogP contribution >= 0.6 is 15.9 Å². The summed E-state index contributed by atoms with van der Waals surface area (Å²) in [7, 11) is 0. The van der Waals surface area contributed by atoms with Crippen molar-refractivity contribution in [3.05, 3.63) is 69.4 Å². The van der Waals surface area contributed by atoms with Crippen LogP contribution in [0.3, 0.4) is 0 Å². The minimum absolute atomic E-state index is 0.125. The fraction of sp³-hybridized carbons (Fsp3) is 0. The van der Waals surface area contributed by atoms with E-state index in [2.05, 4.69) is 15.9 Å². The van der Waals surface area contributed by atoms with E-state index in [1.807, 2.05) is 0 Å². The van der Waals surface area contributed by atoms with Crippen molar-refractivity contribution in [1.82, 2.24) is 0 Å². The fourth-order valence-corrected chi connectivity index (χ4v) is 2.04. The first-order valence-electron chi connectivity index (χ1n) is 4.93. The highest BCUT2D eigenvalue weighted by Gasteiger charge is 2.15. The Morgan fingerprint density at radius 1 is 0.889 bits per heavy atom. The lowest BCUT2D eigenvalue weighted by molar-refractivity contribution is 0.103. The molecule has 2 aromatic carbocycles. The second kappa shape index (κ2) is 4.94. The minimum Gasteiger partial charge on any atom is -0.289 e. The Balaban J connectivity index is 2.47. The molecule has 0 aromatic heterocycles. The molecular weight excluding hydrogens is 309 g/mol. The van der Waals surface area contributed by atoms with Gasteiger partial charge in [0.2, 0.25) is 0 Å². The predicted octanol–water partition coefficient (Wildman–Crippen LogP) is 4.10. The maximum absolute atomic E-state index is 13.0. The molecule has 5 heteroatoms. The highest BCUT2D eigenvalue weighted by atomic mass is 79.9. The molecule has 0 atom stereocenters. The third-order valence-electron chi connectivity index (χ3n) is 2.30. The van der Waals surface area contributed by atoms with Gasteiger partial charge in [0.15, 0.2) is 5.78 Å². The maximum Gasteiger partial charge on any atom is 0.194 e. The number of halogens is 4. The molecule has 0 saturated heterocycles. The highest BCUT2D eigenvalue weighted by Crippen LogP contribution is 2.22. The summed E-state index contributed by atoms with van der Waals surface area (Å²) in [5, 5.41) is 0. The summed E-state index contributed by atoms with van der Waals surface area (Å²) in [5.74, 6) is -2.77. The van der Waals surface area contributed by atoms with E-state index >= 15 is 0 Å². The van der Waals surface area contributed by atoms with Crippen LogP contribution in [0.5, 0.6) is 0 Å². The standard InChI is InChI=1S/C13H6BrF3O/c14-12-6-8(15)1-2-11(12)13(18)7-3-9(16)5-10(17)4-7/h1-6H. The summed E-state index contributed by atoms with van der Waals surface area (Å²) in [6.07, 6.45) is 0. The van der Waals surface area contributed by atoms with Crippen LogP contribution in [0, 0.1) is 17.5 Å². The highest BCUT2D eigenvalue weighted by molar-refractivity contribution is 9.10. The van der Waals surface area contributed by atoms with E-state index in [9.17, 15) is 18.0 Å². The second-order valence-electron chi connectivity index (χ2n) is 3.61. The van der Waals surface area contributed by atoms with E-state index in [4.69, 9.17) is 0 Å². The molecule has 0 aliphatic heterocycles. The van der Waals surface area contributed by atoms with Gasteiger partial charge in [0.1, 0.15) is 17.5 Å². The zero-order valence-corrected chi connectivity index (χ0v) is 10.5. The fourth-order valence-electron chi connectivity index (χ4n) is 1.51. The molecule has 0 N–H and O–H groups in total. The first-order chi connectivity index (χ1) is 8.47. The summed E-state index contributed by atoms with van der Waals surface area (Å²) < 4.78 is 39.1. The molecule has 0 amide bonds. The number of hydrogen-bond acceptors (Lipinski definition) is 1. The van der Waals surface area contributed by atoms with Gasteiger partial charge in [0.25, 0.3) is 0 Å². The van der Waals surface area contributed by atoms with Crippen LogP contribution in [0.4, 0.5) is 13.2 Å². The monoisotopic (exact) mass is 314 g/mol. The summed E-state index contributed by atoms with van der Waals surface area (Å²) in [6, 6.07) is 6.01. The third-order valence-corrected chi connectivity index (χ3v) is 2.96. The quantitative estimate of drug-likeness (QED) is 0.763. The second-order valence-corrected chi connectivity index (χ2v) is 4.47. The summed E-state index contributed by atoms with van der Waals surface area (Å²) in [4.78, 5) is 12.0. The van der Waals surface area contributed by atoms with Crippen LogP contribution in [0.1, 0.15) is 15.9 Å². The number of hydrogen-bond donors (Lipinski definition) is 0. The SMILES string of the molecule is O=C(c1cc(F)cc(F)c1)c1ccc(F)cc1Br. The van der Waals surface area contributed by atoms with Crippen LogP contribution in [0.25, 0.3) is 0 Å². The molecule has 2 rings (SSSR count).